The Labute approximate surface area is 117 Å². The molecule has 1 saturated heterocycles. The van der Waals surface area contributed by atoms with Gasteiger partial charge in [-0.25, -0.2) is 0 Å². The molecule has 0 radical (unpaired) electrons. The van der Waals surface area contributed by atoms with E-state index in [1.165, 1.54) is 24.9 Å². The summed E-state index contributed by atoms with van der Waals surface area (Å²) in [6.45, 7) is 9.21. The van der Waals surface area contributed by atoms with Crippen molar-refractivity contribution in [2.45, 2.75) is 46.1 Å². The van der Waals surface area contributed by atoms with Crippen LogP contribution in [0.25, 0.3) is 0 Å². The van der Waals surface area contributed by atoms with Crippen molar-refractivity contribution in [2.75, 3.05) is 25.0 Å². The summed E-state index contributed by atoms with van der Waals surface area (Å²) in [5.74, 6) is 0. The van der Waals surface area contributed by atoms with Crippen molar-refractivity contribution in [3.63, 3.8) is 0 Å². The van der Waals surface area contributed by atoms with Crippen LogP contribution in [0.4, 0.5) is 5.69 Å². The number of aromatic nitrogens is 1. The predicted molar refractivity (Wildman–Crippen MR) is 81.6 cm³/mol. The zero-order chi connectivity index (χ0) is 13.9. The highest BCUT2D eigenvalue weighted by molar-refractivity contribution is 5.45. The Kier molecular flexibility index (Phi) is 4.46. The maximum absolute atomic E-state index is 4.59. The molecule has 1 aromatic heterocycles. The molecule has 3 heteroatoms. The molecule has 0 amide bonds. The lowest BCUT2D eigenvalue weighted by atomic mass is 9.85. The van der Waals surface area contributed by atoms with E-state index in [9.17, 15) is 0 Å². The maximum Gasteiger partial charge on any atom is 0.0571 e. The van der Waals surface area contributed by atoms with Crippen molar-refractivity contribution >= 4 is 5.69 Å². The van der Waals surface area contributed by atoms with E-state index in [0.29, 0.717) is 11.5 Å². The highest BCUT2D eigenvalue weighted by atomic mass is 15.1. The Hall–Kier alpha value is -1.09. The molecule has 0 aliphatic carbocycles. The van der Waals surface area contributed by atoms with E-state index >= 15 is 0 Å². The Morgan fingerprint density at radius 1 is 1.26 bits per heavy atom. The van der Waals surface area contributed by atoms with Crippen LogP contribution in [0.5, 0.6) is 0 Å². The molecule has 1 aliphatic rings. The van der Waals surface area contributed by atoms with Gasteiger partial charge in [-0.05, 0) is 50.8 Å². The molecule has 3 nitrogen and oxygen atoms in total. The minimum Gasteiger partial charge on any atom is -0.370 e. The Morgan fingerprint density at radius 2 is 2.05 bits per heavy atom. The summed E-state index contributed by atoms with van der Waals surface area (Å²) in [5.41, 5.74) is 2.87. The molecule has 1 N–H and O–H groups in total. The molecule has 106 valence electrons. The van der Waals surface area contributed by atoms with Crippen molar-refractivity contribution < 1.29 is 0 Å². The standard InChI is InChI=1S/C16H27N3/c1-13(17-4)15-7-6-14(12-18-15)19-10-5-8-16(2,3)9-11-19/h6-7,12-13,17H,5,8-11H2,1-4H3. The SMILES string of the molecule is CNC(C)c1ccc(N2CCCC(C)(C)CC2)cn1. The Morgan fingerprint density at radius 3 is 2.68 bits per heavy atom. The molecule has 0 bridgehead atoms. The lowest BCUT2D eigenvalue weighted by Gasteiger charge is -2.25. The van der Waals surface area contributed by atoms with Crippen molar-refractivity contribution in [2.24, 2.45) is 5.41 Å². The van der Waals surface area contributed by atoms with E-state index < -0.39 is 0 Å². The van der Waals surface area contributed by atoms with Gasteiger partial charge in [0.05, 0.1) is 17.6 Å². The van der Waals surface area contributed by atoms with E-state index in [0.717, 1.165) is 18.8 Å². The topological polar surface area (TPSA) is 28.2 Å². The van der Waals surface area contributed by atoms with Gasteiger partial charge < -0.3 is 10.2 Å². The van der Waals surface area contributed by atoms with Gasteiger partial charge in [-0.1, -0.05) is 13.8 Å². The van der Waals surface area contributed by atoms with Gasteiger partial charge in [0.1, 0.15) is 0 Å². The van der Waals surface area contributed by atoms with Gasteiger partial charge in [-0.15, -0.1) is 0 Å². The molecule has 1 fully saturated rings. The summed E-state index contributed by atoms with van der Waals surface area (Å²) in [6.07, 6.45) is 5.90. The third-order valence-electron chi connectivity index (χ3n) is 4.35. The van der Waals surface area contributed by atoms with Crippen molar-refractivity contribution in [3.05, 3.63) is 24.0 Å². The fourth-order valence-electron chi connectivity index (χ4n) is 2.67. The largest absolute Gasteiger partial charge is 0.370 e. The molecule has 2 rings (SSSR count). The second-order valence-corrected chi connectivity index (χ2v) is 6.46. The van der Waals surface area contributed by atoms with Crippen molar-refractivity contribution in [3.8, 4) is 0 Å². The third-order valence-corrected chi connectivity index (χ3v) is 4.35. The molecule has 19 heavy (non-hydrogen) atoms. The maximum atomic E-state index is 4.59. The number of hydrogen-bond donors (Lipinski definition) is 1. The molecular formula is C16H27N3. The van der Waals surface area contributed by atoms with Gasteiger partial charge in [-0.3, -0.25) is 4.98 Å². The summed E-state index contributed by atoms with van der Waals surface area (Å²) in [6, 6.07) is 4.68. The predicted octanol–water partition coefficient (Wildman–Crippen LogP) is 3.38. The van der Waals surface area contributed by atoms with Gasteiger partial charge in [0.15, 0.2) is 0 Å². The number of pyridine rings is 1. The first-order chi connectivity index (χ1) is 9.02. The Balaban J connectivity index is 2.05. The first-order valence-corrected chi connectivity index (χ1v) is 7.40. The van der Waals surface area contributed by atoms with Crippen LogP contribution in [-0.4, -0.2) is 25.1 Å². The lowest BCUT2D eigenvalue weighted by molar-refractivity contribution is 0.325. The molecule has 1 atom stereocenters. The summed E-state index contributed by atoms with van der Waals surface area (Å²) in [4.78, 5) is 7.07. The van der Waals surface area contributed by atoms with Gasteiger partial charge in [0.2, 0.25) is 0 Å². The molecule has 0 saturated carbocycles. The zero-order valence-electron chi connectivity index (χ0n) is 12.7. The second kappa shape index (κ2) is 5.91. The molecule has 0 spiro atoms. The van der Waals surface area contributed by atoms with E-state index in [4.69, 9.17) is 0 Å². The van der Waals surface area contributed by atoms with Crippen molar-refractivity contribution in [1.82, 2.24) is 10.3 Å². The van der Waals surface area contributed by atoms with E-state index in [1.54, 1.807) is 0 Å². The van der Waals surface area contributed by atoms with Crippen LogP contribution in [0, 0.1) is 5.41 Å². The monoisotopic (exact) mass is 261 g/mol. The number of hydrogen-bond acceptors (Lipinski definition) is 3. The highest BCUT2D eigenvalue weighted by Crippen LogP contribution is 2.31. The first kappa shape index (κ1) is 14.3. The summed E-state index contributed by atoms with van der Waals surface area (Å²) < 4.78 is 0. The minimum absolute atomic E-state index is 0.317. The minimum atomic E-state index is 0.317. The van der Waals surface area contributed by atoms with Crippen LogP contribution in [0.3, 0.4) is 0 Å². The average Bonchev–Trinajstić information content (AvgIpc) is 2.59. The van der Waals surface area contributed by atoms with E-state index in [2.05, 4.69) is 48.1 Å². The lowest BCUT2D eigenvalue weighted by Crippen LogP contribution is -2.25. The van der Waals surface area contributed by atoms with Crippen LogP contribution in [0.2, 0.25) is 0 Å². The highest BCUT2D eigenvalue weighted by Gasteiger charge is 2.23. The van der Waals surface area contributed by atoms with Crippen LogP contribution in [-0.2, 0) is 0 Å². The first-order valence-electron chi connectivity index (χ1n) is 7.40. The average molecular weight is 261 g/mol. The van der Waals surface area contributed by atoms with Gasteiger partial charge >= 0.3 is 0 Å². The number of nitrogens with one attached hydrogen (secondary N) is 1. The molecule has 1 unspecified atom stereocenters. The van der Waals surface area contributed by atoms with Crippen LogP contribution in [0.1, 0.15) is 51.8 Å². The fourth-order valence-corrected chi connectivity index (χ4v) is 2.67. The molecule has 2 heterocycles. The molecular weight excluding hydrogens is 234 g/mol. The summed E-state index contributed by atoms with van der Waals surface area (Å²) in [7, 11) is 1.97. The zero-order valence-corrected chi connectivity index (χ0v) is 12.7. The second-order valence-electron chi connectivity index (χ2n) is 6.46. The van der Waals surface area contributed by atoms with Crippen molar-refractivity contribution in [1.29, 1.82) is 0 Å². The number of rotatable bonds is 3. The van der Waals surface area contributed by atoms with Gasteiger partial charge in [0, 0.05) is 19.1 Å². The smallest absolute Gasteiger partial charge is 0.0571 e. The van der Waals surface area contributed by atoms with Gasteiger partial charge in [0.25, 0.3) is 0 Å². The van der Waals surface area contributed by atoms with E-state index in [1.807, 2.05) is 13.2 Å². The molecule has 1 aromatic rings. The van der Waals surface area contributed by atoms with E-state index in [-0.39, 0.29) is 0 Å². The quantitative estimate of drug-likeness (QED) is 0.904. The van der Waals surface area contributed by atoms with Crippen LogP contribution in [0.15, 0.2) is 18.3 Å². The third kappa shape index (κ3) is 3.69. The molecule has 1 aliphatic heterocycles. The normalized spacial score (nSPS) is 20.9. The summed E-state index contributed by atoms with van der Waals surface area (Å²) in [5, 5.41) is 3.22. The summed E-state index contributed by atoms with van der Waals surface area (Å²) >= 11 is 0. The van der Waals surface area contributed by atoms with Crippen LogP contribution >= 0.6 is 0 Å². The molecule has 0 aromatic carbocycles. The van der Waals surface area contributed by atoms with Crippen LogP contribution < -0.4 is 10.2 Å². The number of anilines is 1. The number of nitrogens with zero attached hydrogens (tertiary/aromatic N) is 2. The van der Waals surface area contributed by atoms with Gasteiger partial charge in [-0.2, -0.15) is 0 Å². The Bertz CT molecular complexity index is 397. The fraction of sp³-hybridized carbons (Fsp3) is 0.688.